The van der Waals surface area contributed by atoms with Crippen LogP contribution in [0, 0.1) is 18.3 Å². The highest BCUT2D eigenvalue weighted by Crippen LogP contribution is 2.27. The molecular weight excluding hydrogens is 230 g/mol. The van der Waals surface area contributed by atoms with Crippen molar-refractivity contribution in [3.8, 4) is 6.07 Å². The molecule has 0 aliphatic heterocycles. The summed E-state index contributed by atoms with van der Waals surface area (Å²) in [6.07, 6.45) is 6.42. The topological polar surface area (TPSA) is 23.8 Å². The standard InChI is InChI=1S/C18H21N/c1-6-13(3)10-14(4)17(7-2)18-9-8-16(12-19)11-15(18)5/h6-11H,1-5H3/b13-6-,14-10-,17-7+. The van der Waals surface area contributed by atoms with Crippen molar-refractivity contribution in [1.29, 1.82) is 5.26 Å². The molecule has 0 amide bonds. The van der Waals surface area contributed by atoms with Gasteiger partial charge in [-0.2, -0.15) is 5.26 Å². The molecule has 19 heavy (non-hydrogen) atoms. The summed E-state index contributed by atoms with van der Waals surface area (Å²) in [5.74, 6) is 0. The Labute approximate surface area is 116 Å². The number of rotatable bonds is 3. The molecular formula is C18H21N. The van der Waals surface area contributed by atoms with Crippen LogP contribution in [-0.2, 0) is 0 Å². The molecule has 0 saturated carbocycles. The van der Waals surface area contributed by atoms with Crippen molar-refractivity contribution in [2.24, 2.45) is 0 Å². The third-order valence-electron chi connectivity index (χ3n) is 3.26. The Kier molecular flexibility index (Phi) is 5.33. The van der Waals surface area contributed by atoms with Crippen molar-refractivity contribution < 1.29 is 0 Å². The predicted molar refractivity (Wildman–Crippen MR) is 82.7 cm³/mol. The second kappa shape index (κ2) is 6.75. The van der Waals surface area contributed by atoms with Gasteiger partial charge in [0.05, 0.1) is 11.6 Å². The van der Waals surface area contributed by atoms with Gasteiger partial charge in [0.1, 0.15) is 0 Å². The number of aryl methyl sites for hydroxylation is 1. The molecule has 98 valence electrons. The highest BCUT2D eigenvalue weighted by atomic mass is 14.2. The average molecular weight is 251 g/mol. The molecule has 0 aliphatic rings. The third-order valence-corrected chi connectivity index (χ3v) is 3.26. The summed E-state index contributed by atoms with van der Waals surface area (Å²) < 4.78 is 0. The van der Waals surface area contributed by atoms with E-state index >= 15 is 0 Å². The Bertz CT molecular complexity index is 593. The Hall–Kier alpha value is -2.07. The molecule has 0 N–H and O–H groups in total. The second-order valence-corrected chi connectivity index (χ2v) is 4.70. The zero-order chi connectivity index (χ0) is 14.4. The van der Waals surface area contributed by atoms with E-state index in [0.29, 0.717) is 5.56 Å². The lowest BCUT2D eigenvalue weighted by atomic mass is 9.93. The molecule has 0 spiro atoms. The fraction of sp³-hybridized carbons (Fsp3) is 0.278. The zero-order valence-electron chi connectivity index (χ0n) is 12.4. The van der Waals surface area contributed by atoms with Crippen molar-refractivity contribution in [2.45, 2.75) is 34.6 Å². The van der Waals surface area contributed by atoms with Gasteiger partial charge in [-0.1, -0.05) is 29.9 Å². The van der Waals surface area contributed by atoms with Gasteiger partial charge in [0.15, 0.2) is 0 Å². The molecule has 0 atom stereocenters. The van der Waals surface area contributed by atoms with E-state index < -0.39 is 0 Å². The number of hydrogen-bond donors (Lipinski definition) is 0. The molecule has 0 fully saturated rings. The number of hydrogen-bond acceptors (Lipinski definition) is 1. The fourth-order valence-electron chi connectivity index (χ4n) is 2.13. The van der Waals surface area contributed by atoms with Crippen LogP contribution in [0.4, 0.5) is 0 Å². The van der Waals surface area contributed by atoms with Crippen LogP contribution in [0.15, 0.2) is 47.6 Å². The van der Waals surface area contributed by atoms with E-state index in [0.717, 1.165) is 5.56 Å². The Morgan fingerprint density at radius 3 is 2.32 bits per heavy atom. The molecule has 0 unspecified atom stereocenters. The summed E-state index contributed by atoms with van der Waals surface area (Å²) in [5.41, 5.74) is 6.76. The van der Waals surface area contributed by atoms with E-state index in [9.17, 15) is 0 Å². The van der Waals surface area contributed by atoms with E-state index in [2.05, 4.69) is 52.0 Å². The summed E-state index contributed by atoms with van der Waals surface area (Å²) >= 11 is 0. The summed E-state index contributed by atoms with van der Waals surface area (Å²) in [6, 6.07) is 8.03. The lowest BCUT2D eigenvalue weighted by Gasteiger charge is -2.12. The first-order chi connectivity index (χ1) is 9.03. The Morgan fingerprint density at radius 2 is 1.84 bits per heavy atom. The highest BCUT2D eigenvalue weighted by Gasteiger charge is 2.07. The van der Waals surface area contributed by atoms with Crippen molar-refractivity contribution >= 4 is 5.57 Å². The van der Waals surface area contributed by atoms with Gasteiger partial charge in [0.25, 0.3) is 0 Å². The van der Waals surface area contributed by atoms with Gasteiger partial charge in [0.2, 0.25) is 0 Å². The molecule has 0 aliphatic carbocycles. The van der Waals surface area contributed by atoms with Gasteiger partial charge in [-0.05, 0) is 69.0 Å². The van der Waals surface area contributed by atoms with Crippen LogP contribution in [0.3, 0.4) is 0 Å². The first kappa shape index (κ1) is 15.0. The zero-order valence-corrected chi connectivity index (χ0v) is 12.4. The van der Waals surface area contributed by atoms with Crippen molar-refractivity contribution in [1.82, 2.24) is 0 Å². The second-order valence-electron chi connectivity index (χ2n) is 4.70. The van der Waals surface area contributed by atoms with E-state index in [1.54, 1.807) is 0 Å². The van der Waals surface area contributed by atoms with Gasteiger partial charge in [-0.25, -0.2) is 0 Å². The highest BCUT2D eigenvalue weighted by molar-refractivity contribution is 5.80. The molecule has 1 aromatic rings. The summed E-state index contributed by atoms with van der Waals surface area (Å²) in [7, 11) is 0. The smallest absolute Gasteiger partial charge is 0.0991 e. The van der Waals surface area contributed by atoms with E-state index in [-0.39, 0.29) is 0 Å². The molecule has 1 heteroatoms. The molecule has 0 aromatic heterocycles. The number of nitriles is 1. The number of benzene rings is 1. The summed E-state index contributed by atoms with van der Waals surface area (Å²) in [5, 5.41) is 8.93. The van der Waals surface area contributed by atoms with Crippen LogP contribution in [0.2, 0.25) is 0 Å². The minimum absolute atomic E-state index is 0.711. The van der Waals surface area contributed by atoms with E-state index in [1.165, 1.54) is 22.3 Å². The maximum atomic E-state index is 8.93. The van der Waals surface area contributed by atoms with Crippen LogP contribution in [0.1, 0.15) is 44.4 Å². The van der Waals surface area contributed by atoms with Crippen LogP contribution in [0.5, 0.6) is 0 Å². The molecule has 1 aromatic carbocycles. The first-order valence-corrected chi connectivity index (χ1v) is 6.52. The quantitative estimate of drug-likeness (QED) is 0.679. The predicted octanol–water partition coefficient (Wildman–Crippen LogP) is 5.18. The number of allylic oxidation sites excluding steroid dienone is 6. The minimum atomic E-state index is 0.711. The van der Waals surface area contributed by atoms with E-state index in [4.69, 9.17) is 5.26 Å². The molecule has 0 radical (unpaired) electrons. The van der Waals surface area contributed by atoms with Crippen molar-refractivity contribution in [2.75, 3.05) is 0 Å². The molecule has 0 bridgehead atoms. The average Bonchev–Trinajstić information content (AvgIpc) is 2.41. The van der Waals surface area contributed by atoms with Gasteiger partial charge < -0.3 is 0 Å². The van der Waals surface area contributed by atoms with Gasteiger partial charge in [-0.3, -0.25) is 0 Å². The van der Waals surface area contributed by atoms with Crippen LogP contribution in [-0.4, -0.2) is 0 Å². The number of nitrogens with zero attached hydrogens (tertiary/aromatic N) is 1. The maximum absolute atomic E-state index is 8.93. The SMILES string of the molecule is C\C=C(C)/C=C(C)\C(=C/C)c1ccc(C#N)cc1C. The monoisotopic (exact) mass is 251 g/mol. The summed E-state index contributed by atoms with van der Waals surface area (Å²) in [6.45, 7) is 10.4. The van der Waals surface area contributed by atoms with Gasteiger partial charge >= 0.3 is 0 Å². The van der Waals surface area contributed by atoms with E-state index in [1.807, 2.05) is 25.1 Å². The lowest BCUT2D eigenvalue weighted by molar-refractivity contribution is 1.35. The third kappa shape index (κ3) is 3.69. The van der Waals surface area contributed by atoms with Crippen LogP contribution < -0.4 is 0 Å². The lowest BCUT2D eigenvalue weighted by Crippen LogP contribution is -1.92. The van der Waals surface area contributed by atoms with Crippen molar-refractivity contribution in [3.63, 3.8) is 0 Å². The van der Waals surface area contributed by atoms with Crippen LogP contribution in [0.25, 0.3) is 5.57 Å². The Morgan fingerprint density at radius 1 is 1.16 bits per heavy atom. The van der Waals surface area contributed by atoms with Gasteiger partial charge in [-0.15, -0.1) is 0 Å². The largest absolute Gasteiger partial charge is 0.192 e. The Balaban J connectivity index is 3.27. The molecule has 1 rings (SSSR count). The fourth-order valence-corrected chi connectivity index (χ4v) is 2.13. The molecule has 0 saturated heterocycles. The maximum Gasteiger partial charge on any atom is 0.0991 e. The van der Waals surface area contributed by atoms with Gasteiger partial charge in [0, 0.05) is 0 Å². The minimum Gasteiger partial charge on any atom is -0.192 e. The van der Waals surface area contributed by atoms with Crippen LogP contribution >= 0.6 is 0 Å². The van der Waals surface area contributed by atoms with Crippen molar-refractivity contribution in [3.05, 3.63) is 64.3 Å². The molecule has 0 heterocycles. The summed E-state index contributed by atoms with van der Waals surface area (Å²) in [4.78, 5) is 0. The normalized spacial score (nSPS) is 13.4. The molecule has 1 nitrogen and oxygen atoms in total. The first-order valence-electron chi connectivity index (χ1n) is 6.52.